The van der Waals surface area contributed by atoms with Crippen LogP contribution in [0.4, 0.5) is 24.0 Å². The van der Waals surface area contributed by atoms with Crippen LogP contribution in [0.15, 0.2) is 52.4 Å². The molecule has 2 heterocycles. The van der Waals surface area contributed by atoms with Crippen molar-refractivity contribution in [3.05, 3.63) is 68.9 Å². The molecule has 0 N–H and O–H groups in total. The normalized spacial score (nSPS) is 15.5. The first-order chi connectivity index (χ1) is 14.3. The number of alkyl halides is 3. The minimum absolute atomic E-state index is 0.138. The van der Waals surface area contributed by atoms with Gasteiger partial charge >= 0.3 is 6.18 Å². The summed E-state index contributed by atoms with van der Waals surface area (Å²) in [6.45, 7) is 1.38. The summed E-state index contributed by atoms with van der Waals surface area (Å²) in [7, 11) is 0. The van der Waals surface area contributed by atoms with Crippen molar-refractivity contribution in [1.82, 2.24) is 4.98 Å². The van der Waals surface area contributed by atoms with Crippen LogP contribution in [0.5, 0.6) is 0 Å². The monoisotopic (exact) mass is 433 g/mol. The number of aromatic nitrogens is 1. The predicted octanol–water partition coefficient (Wildman–Crippen LogP) is 5.53. The Balaban J connectivity index is 1.58. The SMILES string of the molecule is O=Nc1cc(C(F)(F)F)cc2c(=O)nc(N3CCC(Cc4ccccc4)CC3)sc12. The van der Waals surface area contributed by atoms with E-state index in [4.69, 9.17) is 0 Å². The maximum Gasteiger partial charge on any atom is 0.416 e. The minimum atomic E-state index is -4.68. The summed E-state index contributed by atoms with van der Waals surface area (Å²) in [6, 6.07) is 11.7. The summed E-state index contributed by atoms with van der Waals surface area (Å²) < 4.78 is 39.3. The third kappa shape index (κ3) is 4.21. The fraction of sp³-hybridized carbons (Fsp3) is 0.333. The lowest BCUT2D eigenvalue weighted by Crippen LogP contribution is -2.35. The highest BCUT2D eigenvalue weighted by molar-refractivity contribution is 7.22. The number of benzene rings is 2. The van der Waals surface area contributed by atoms with Crippen molar-refractivity contribution in [1.29, 1.82) is 0 Å². The smallest absolute Gasteiger partial charge is 0.348 e. The van der Waals surface area contributed by atoms with E-state index in [0.29, 0.717) is 30.2 Å². The largest absolute Gasteiger partial charge is 0.416 e. The Morgan fingerprint density at radius 3 is 2.47 bits per heavy atom. The number of anilines is 1. The van der Waals surface area contributed by atoms with Crippen LogP contribution in [-0.2, 0) is 12.6 Å². The number of hydrogen-bond donors (Lipinski definition) is 0. The van der Waals surface area contributed by atoms with Crippen LogP contribution in [0.3, 0.4) is 0 Å². The third-order valence-corrected chi connectivity index (χ3v) is 6.53. The molecule has 9 heteroatoms. The highest BCUT2D eigenvalue weighted by Crippen LogP contribution is 2.39. The molecule has 0 aliphatic carbocycles. The number of nitrogens with zero attached hydrogens (tertiary/aromatic N) is 3. The Morgan fingerprint density at radius 2 is 1.83 bits per heavy atom. The van der Waals surface area contributed by atoms with Crippen LogP contribution >= 0.6 is 11.3 Å². The molecule has 0 radical (unpaired) electrons. The van der Waals surface area contributed by atoms with E-state index in [-0.39, 0.29) is 15.8 Å². The molecule has 30 heavy (non-hydrogen) atoms. The van der Waals surface area contributed by atoms with Crippen LogP contribution in [0.2, 0.25) is 0 Å². The summed E-state index contributed by atoms with van der Waals surface area (Å²) in [4.78, 5) is 29.6. The van der Waals surface area contributed by atoms with E-state index in [1.54, 1.807) is 0 Å². The molecular weight excluding hydrogens is 415 g/mol. The molecule has 1 aliphatic heterocycles. The van der Waals surface area contributed by atoms with Crippen molar-refractivity contribution in [2.45, 2.75) is 25.4 Å². The summed E-state index contributed by atoms with van der Waals surface area (Å²) in [5, 5.41) is 2.92. The maximum atomic E-state index is 13.1. The second-order valence-corrected chi connectivity index (χ2v) is 8.36. The van der Waals surface area contributed by atoms with Crippen molar-refractivity contribution >= 4 is 32.2 Å². The predicted molar refractivity (Wildman–Crippen MR) is 111 cm³/mol. The minimum Gasteiger partial charge on any atom is -0.348 e. The van der Waals surface area contributed by atoms with Gasteiger partial charge in [-0.25, -0.2) is 0 Å². The van der Waals surface area contributed by atoms with Gasteiger partial charge in [-0.3, -0.25) is 4.79 Å². The molecule has 4 rings (SSSR count). The first-order valence-electron chi connectivity index (χ1n) is 9.53. The molecule has 0 bridgehead atoms. The van der Waals surface area contributed by atoms with E-state index >= 15 is 0 Å². The van der Waals surface area contributed by atoms with E-state index in [1.165, 1.54) is 5.56 Å². The molecule has 0 saturated carbocycles. The molecule has 0 atom stereocenters. The fourth-order valence-electron chi connectivity index (χ4n) is 3.78. The molecule has 5 nitrogen and oxygen atoms in total. The number of fused-ring (bicyclic) bond motifs is 1. The average Bonchev–Trinajstić information content (AvgIpc) is 2.73. The molecule has 2 aromatic carbocycles. The quantitative estimate of drug-likeness (QED) is 0.508. The summed E-state index contributed by atoms with van der Waals surface area (Å²) in [6.07, 6.45) is -1.86. The molecule has 1 saturated heterocycles. The lowest BCUT2D eigenvalue weighted by Gasteiger charge is -2.32. The standard InChI is InChI=1S/C21H18F3N3O2S/c22-21(23,24)15-11-16-18(17(12-15)26-29)30-20(25-19(16)28)27-8-6-14(7-9-27)10-13-4-2-1-3-5-13/h1-5,11-12,14H,6-10H2. The summed E-state index contributed by atoms with van der Waals surface area (Å²) >= 11 is 1.04. The Morgan fingerprint density at radius 1 is 1.13 bits per heavy atom. The van der Waals surface area contributed by atoms with Gasteiger partial charge in [0.05, 0.1) is 15.6 Å². The molecule has 156 valence electrons. The second-order valence-electron chi connectivity index (χ2n) is 7.38. The number of nitroso groups, excluding NO2 is 1. The summed E-state index contributed by atoms with van der Waals surface area (Å²) in [5.74, 6) is 0.516. The number of halogens is 3. The molecular formula is C21H18F3N3O2S. The van der Waals surface area contributed by atoms with Crippen LogP contribution in [0.1, 0.15) is 24.0 Å². The van der Waals surface area contributed by atoms with Crippen LogP contribution in [0.25, 0.3) is 10.1 Å². The topological polar surface area (TPSA) is 62.6 Å². The Kier molecular flexibility index (Phi) is 5.55. The summed E-state index contributed by atoms with van der Waals surface area (Å²) in [5.41, 5.74) is -0.956. The third-order valence-electron chi connectivity index (χ3n) is 5.37. The molecule has 0 amide bonds. The van der Waals surface area contributed by atoms with Crippen molar-refractivity contribution < 1.29 is 13.2 Å². The Hall–Kier alpha value is -2.81. The van der Waals surface area contributed by atoms with Gasteiger partial charge in [-0.1, -0.05) is 41.7 Å². The first kappa shape index (κ1) is 20.5. The van der Waals surface area contributed by atoms with Crippen molar-refractivity contribution in [3.8, 4) is 0 Å². The van der Waals surface area contributed by atoms with Gasteiger partial charge in [0.25, 0.3) is 5.56 Å². The van der Waals surface area contributed by atoms with E-state index in [9.17, 15) is 22.9 Å². The highest BCUT2D eigenvalue weighted by Gasteiger charge is 2.32. The molecule has 1 aromatic heterocycles. The number of rotatable bonds is 4. The highest BCUT2D eigenvalue weighted by atomic mass is 32.1. The van der Waals surface area contributed by atoms with E-state index < -0.39 is 17.3 Å². The molecule has 3 aromatic rings. The van der Waals surface area contributed by atoms with Gasteiger partial charge in [0, 0.05) is 13.1 Å². The zero-order chi connectivity index (χ0) is 21.3. The van der Waals surface area contributed by atoms with Crippen LogP contribution < -0.4 is 10.5 Å². The van der Waals surface area contributed by atoms with Gasteiger partial charge in [-0.05, 0) is 48.1 Å². The molecule has 1 fully saturated rings. The lowest BCUT2D eigenvalue weighted by molar-refractivity contribution is -0.137. The van der Waals surface area contributed by atoms with Gasteiger partial charge < -0.3 is 4.90 Å². The van der Waals surface area contributed by atoms with Crippen molar-refractivity contribution in [2.75, 3.05) is 18.0 Å². The van der Waals surface area contributed by atoms with Crippen molar-refractivity contribution in [2.24, 2.45) is 11.1 Å². The van der Waals surface area contributed by atoms with E-state index in [0.717, 1.165) is 36.7 Å². The maximum absolute atomic E-state index is 13.1. The van der Waals surface area contributed by atoms with Crippen LogP contribution in [0, 0.1) is 10.8 Å². The molecule has 0 spiro atoms. The van der Waals surface area contributed by atoms with Gasteiger partial charge in [-0.15, -0.1) is 4.91 Å². The van der Waals surface area contributed by atoms with Crippen molar-refractivity contribution in [3.63, 3.8) is 0 Å². The Bertz CT molecular complexity index is 1120. The van der Waals surface area contributed by atoms with E-state index in [2.05, 4.69) is 22.3 Å². The molecule has 0 unspecified atom stereocenters. The number of piperidine rings is 1. The lowest BCUT2D eigenvalue weighted by atomic mass is 9.90. The molecule has 1 aliphatic rings. The fourth-order valence-corrected chi connectivity index (χ4v) is 4.86. The van der Waals surface area contributed by atoms with Gasteiger partial charge in [0.15, 0.2) is 5.13 Å². The Labute approximate surface area is 174 Å². The average molecular weight is 433 g/mol. The zero-order valence-electron chi connectivity index (χ0n) is 15.9. The van der Waals surface area contributed by atoms with Gasteiger partial charge in [0.1, 0.15) is 5.69 Å². The van der Waals surface area contributed by atoms with Gasteiger partial charge in [0.2, 0.25) is 0 Å². The first-order valence-corrected chi connectivity index (χ1v) is 10.3. The van der Waals surface area contributed by atoms with E-state index in [1.807, 2.05) is 23.1 Å². The zero-order valence-corrected chi connectivity index (χ0v) is 16.7. The van der Waals surface area contributed by atoms with Gasteiger partial charge in [-0.2, -0.15) is 18.2 Å². The number of hydrogen-bond acceptors (Lipinski definition) is 6. The second kappa shape index (κ2) is 8.14. The van der Waals surface area contributed by atoms with Crippen LogP contribution in [-0.4, -0.2) is 18.1 Å².